The highest BCUT2D eigenvalue weighted by molar-refractivity contribution is 6.15. The molecular weight excluding hydrogens is 523 g/mol. The molecule has 202 valence electrons. The van der Waals surface area contributed by atoms with Crippen molar-refractivity contribution in [2.24, 2.45) is 5.41 Å². The van der Waals surface area contributed by atoms with Gasteiger partial charge in [-0.15, -0.1) is 24.8 Å². The molecule has 0 saturated heterocycles. The van der Waals surface area contributed by atoms with Crippen molar-refractivity contribution in [2.45, 2.75) is 47.0 Å². The summed E-state index contributed by atoms with van der Waals surface area (Å²) in [6.45, 7) is 7.57. The zero-order valence-electron chi connectivity index (χ0n) is 21.9. The number of hydrogen-bond acceptors (Lipinski definition) is 6. The molecule has 2 heterocycles. The monoisotopic (exact) mass is 556 g/mol. The van der Waals surface area contributed by atoms with Crippen LogP contribution < -0.4 is 22.1 Å². The minimum absolute atomic E-state index is 0. The van der Waals surface area contributed by atoms with Gasteiger partial charge in [0.1, 0.15) is 5.41 Å². The molecule has 2 aromatic heterocycles. The molecule has 8 nitrogen and oxygen atoms in total. The number of benzene rings is 2. The minimum atomic E-state index is -1.26. The van der Waals surface area contributed by atoms with Gasteiger partial charge in [-0.3, -0.25) is 19.6 Å². The van der Waals surface area contributed by atoms with E-state index in [1.54, 1.807) is 36.4 Å². The van der Waals surface area contributed by atoms with Crippen LogP contribution in [0.25, 0.3) is 21.8 Å². The van der Waals surface area contributed by atoms with E-state index < -0.39 is 5.41 Å². The molecule has 0 radical (unpaired) electrons. The lowest BCUT2D eigenvalue weighted by atomic mass is 9.78. The second-order valence-corrected chi connectivity index (χ2v) is 9.26. The molecule has 4 aromatic rings. The lowest BCUT2D eigenvalue weighted by Crippen LogP contribution is -2.46. The molecule has 38 heavy (non-hydrogen) atoms. The van der Waals surface area contributed by atoms with Gasteiger partial charge in [0.05, 0.1) is 11.0 Å². The molecule has 4 rings (SSSR count). The van der Waals surface area contributed by atoms with Crippen LogP contribution in [0.4, 0.5) is 22.7 Å². The first-order valence-electron chi connectivity index (χ1n) is 12.1. The van der Waals surface area contributed by atoms with Crippen LogP contribution >= 0.6 is 24.8 Å². The van der Waals surface area contributed by atoms with Crippen molar-refractivity contribution in [3.8, 4) is 0 Å². The molecule has 6 N–H and O–H groups in total. The van der Waals surface area contributed by atoms with E-state index in [0.717, 1.165) is 33.2 Å². The molecule has 0 aliphatic rings. The number of rotatable bonds is 7. The molecule has 0 unspecified atom stereocenters. The number of nitrogens with zero attached hydrogens (tertiary/aromatic N) is 2. The Hall–Kier alpha value is -3.62. The van der Waals surface area contributed by atoms with Crippen LogP contribution in [-0.4, -0.2) is 21.8 Å². The summed E-state index contributed by atoms with van der Waals surface area (Å²) in [4.78, 5) is 36.2. The van der Waals surface area contributed by atoms with Crippen molar-refractivity contribution in [1.29, 1.82) is 0 Å². The van der Waals surface area contributed by atoms with E-state index in [0.29, 0.717) is 42.0 Å². The van der Waals surface area contributed by atoms with E-state index >= 15 is 0 Å². The van der Waals surface area contributed by atoms with E-state index in [4.69, 9.17) is 11.5 Å². The number of aryl methyl sites for hydroxylation is 2. The first-order chi connectivity index (χ1) is 17.2. The Morgan fingerprint density at radius 1 is 0.763 bits per heavy atom. The number of amides is 2. The van der Waals surface area contributed by atoms with Crippen LogP contribution in [0.15, 0.2) is 48.5 Å². The van der Waals surface area contributed by atoms with Gasteiger partial charge in [0.25, 0.3) is 0 Å². The number of anilines is 4. The van der Waals surface area contributed by atoms with Crippen molar-refractivity contribution in [2.75, 3.05) is 22.1 Å². The Labute approximate surface area is 234 Å². The molecule has 0 fully saturated rings. The van der Waals surface area contributed by atoms with Gasteiger partial charge >= 0.3 is 0 Å². The number of halogens is 2. The summed E-state index contributed by atoms with van der Waals surface area (Å²) in [5.41, 5.74) is 16.5. The van der Waals surface area contributed by atoms with Crippen LogP contribution in [-0.2, 0) is 9.59 Å². The lowest BCUT2D eigenvalue weighted by molar-refractivity contribution is -0.138. The average Bonchev–Trinajstić information content (AvgIpc) is 2.83. The highest BCUT2D eigenvalue weighted by atomic mass is 35.5. The molecule has 0 spiro atoms. The number of fused-ring (bicyclic) bond motifs is 2. The Bertz CT molecular complexity index is 1390. The summed E-state index contributed by atoms with van der Waals surface area (Å²) in [5.74, 6) is -0.722. The SMILES string of the molecule is CCCC(CC)(C(=O)Nc1ccc2nc(C)cc(N)c2c1)C(=O)Nc1ccc2nc(C)cc(N)c2c1.Cl.Cl. The number of nitrogen functional groups attached to an aromatic ring is 2. The molecule has 0 bridgehead atoms. The van der Waals surface area contributed by atoms with Gasteiger partial charge in [-0.2, -0.15) is 0 Å². The molecule has 0 saturated carbocycles. The average molecular weight is 558 g/mol. The third kappa shape index (κ3) is 5.92. The Kier molecular flexibility index (Phi) is 9.89. The summed E-state index contributed by atoms with van der Waals surface area (Å²) in [5, 5.41) is 7.40. The summed E-state index contributed by atoms with van der Waals surface area (Å²) in [7, 11) is 0. The molecule has 0 atom stereocenters. The lowest BCUT2D eigenvalue weighted by Gasteiger charge is -2.30. The van der Waals surface area contributed by atoms with Crippen molar-refractivity contribution in [1.82, 2.24) is 9.97 Å². The van der Waals surface area contributed by atoms with Gasteiger partial charge in [0.15, 0.2) is 0 Å². The highest BCUT2D eigenvalue weighted by Gasteiger charge is 2.43. The van der Waals surface area contributed by atoms with Gasteiger partial charge in [-0.05, 0) is 75.2 Å². The standard InChI is InChI=1S/C28H32N6O2.2ClH/c1-5-11-28(6-2,26(35)33-18-7-9-24-20(14-18)22(29)12-16(3)31-24)27(36)34-19-8-10-25-21(15-19)23(30)13-17(4)32-25;;/h7-10,12-15H,5-6,11H2,1-4H3,(H2,29,31)(H2,30,32)(H,33,35)(H,34,36);2*1H. The van der Waals surface area contributed by atoms with Crippen molar-refractivity contribution >= 4 is 81.2 Å². The maximum atomic E-state index is 13.6. The first-order valence-corrected chi connectivity index (χ1v) is 12.1. The van der Waals surface area contributed by atoms with E-state index in [2.05, 4.69) is 20.6 Å². The van der Waals surface area contributed by atoms with Crippen LogP contribution in [0, 0.1) is 19.3 Å². The maximum Gasteiger partial charge on any atom is 0.240 e. The normalized spacial score (nSPS) is 10.9. The topological polar surface area (TPSA) is 136 Å². The molecule has 10 heteroatoms. The molecule has 2 aromatic carbocycles. The number of carbonyl (C=O) groups excluding carboxylic acids is 2. The summed E-state index contributed by atoms with van der Waals surface area (Å²) < 4.78 is 0. The number of hydrogen-bond donors (Lipinski definition) is 4. The zero-order chi connectivity index (χ0) is 26.0. The Morgan fingerprint density at radius 3 is 1.55 bits per heavy atom. The predicted molar refractivity (Wildman–Crippen MR) is 161 cm³/mol. The summed E-state index contributed by atoms with van der Waals surface area (Å²) in [6, 6.07) is 14.4. The molecule has 0 aliphatic carbocycles. The zero-order valence-corrected chi connectivity index (χ0v) is 23.6. The van der Waals surface area contributed by atoms with Crippen LogP contribution in [0.5, 0.6) is 0 Å². The van der Waals surface area contributed by atoms with Crippen molar-refractivity contribution in [3.05, 3.63) is 59.9 Å². The number of carbonyl (C=O) groups is 2. The third-order valence-electron chi connectivity index (χ3n) is 6.60. The largest absolute Gasteiger partial charge is 0.398 e. The fourth-order valence-corrected chi connectivity index (χ4v) is 4.69. The van der Waals surface area contributed by atoms with Crippen LogP contribution in [0.2, 0.25) is 0 Å². The quantitative estimate of drug-likeness (QED) is 0.200. The van der Waals surface area contributed by atoms with E-state index in [9.17, 15) is 9.59 Å². The smallest absolute Gasteiger partial charge is 0.240 e. The number of pyridine rings is 2. The van der Waals surface area contributed by atoms with Crippen molar-refractivity contribution in [3.63, 3.8) is 0 Å². The fourth-order valence-electron chi connectivity index (χ4n) is 4.69. The van der Waals surface area contributed by atoms with Crippen molar-refractivity contribution < 1.29 is 9.59 Å². The number of nitrogens with two attached hydrogens (primary N) is 2. The van der Waals surface area contributed by atoms with Gasteiger partial charge in [0.2, 0.25) is 11.8 Å². The highest BCUT2D eigenvalue weighted by Crippen LogP contribution is 2.34. The Morgan fingerprint density at radius 2 is 1.18 bits per heavy atom. The second-order valence-electron chi connectivity index (χ2n) is 9.26. The third-order valence-corrected chi connectivity index (χ3v) is 6.60. The van der Waals surface area contributed by atoms with Crippen LogP contribution in [0.3, 0.4) is 0 Å². The van der Waals surface area contributed by atoms with Gasteiger partial charge in [0, 0.05) is 44.9 Å². The maximum absolute atomic E-state index is 13.6. The van der Waals surface area contributed by atoms with E-state index in [1.165, 1.54) is 0 Å². The van der Waals surface area contributed by atoms with E-state index in [1.807, 2.05) is 39.8 Å². The fraction of sp³-hybridized carbons (Fsp3) is 0.286. The number of nitrogens with one attached hydrogen (secondary N) is 2. The molecule has 2 amide bonds. The molecular formula is C28H34Cl2N6O2. The summed E-state index contributed by atoms with van der Waals surface area (Å²) >= 11 is 0. The first kappa shape index (κ1) is 30.6. The second kappa shape index (κ2) is 12.3. The number of aromatic nitrogens is 2. The Balaban J connectivity index is 0.00000253. The van der Waals surface area contributed by atoms with Gasteiger partial charge in [-0.25, -0.2) is 0 Å². The predicted octanol–water partition coefficient (Wildman–Crippen LogP) is 6.18. The summed E-state index contributed by atoms with van der Waals surface area (Å²) in [6.07, 6.45) is 1.40. The van der Waals surface area contributed by atoms with Crippen LogP contribution in [0.1, 0.15) is 44.5 Å². The van der Waals surface area contributed by atoms with Gasteiger partial charge < -0.3 is 22.1 Å². The van der Waals surface area contributed by atoms with Gasteiger partial charge in [-0.1, -0.05) is 20.3 Å². The minimum Gasteiger partial charge on any atom is -0.398 e. The molecule has 0 aliphatic heterocycles. The van der Waals surface area contributed by atoms with E-state index in [-0.39, 0.29) is 36.6 Å².